The van der Waals surface area contributed by atoms with Crippen LogP contribution in [0.15, 0.2) is 29.2 Å². The molecule has 1 rings (SSSR count). The van der Waals surface area contributed by atoms with E-state index in [0.29, 0.717) is 5.69 Å². The molecule has 0 saturated heterocycles. The molecule has 1 aromatic rings. The average molecular weight is 310 g/mol. The van der Waals surface area contributed by atoms with Gasteiger partial charge < -0.3 is 5.32 Å². The van der Waals surface area contributed by atoms with Crippen LogP contribution in [0.1, 0.15) is 13.3 Å². The third-order valence-electron chi connectivity index (χ3n) is 2.23. The second-order valence-corrected chi connectivity index (χ2v) is 5.63. The summed E-state index contributed by atoms with van der Waals surface area (Å²) >= 11 is 0. The van der Waals surface area contributed by atoms with E-state index >= 15 is 0 Å². The lowest BCUT2D eigenvalue weighted by atomic mass is 10.3. The van der Waals surface area contributed by atoms with Crippen LogP contribution in [0, 0.1) is 0 Å². The molecule has 9 heteroatoms. The van der Waals surface area contributed by atoms with Crippen molar-refractivity contribution >= 4 is 21.6 Å². The Morgan fingerprint density at radius 3 is 2.20 bits per heavy atom. The maximum Gasteiger partial charge on any atom is 0.402 e. The molecule has 0 aromatic heterocycles. The average Bonchev–Trinajstić information content (AvgIpc) is 2.36. The number of nitrogens with one attached hydrogen (secondary N) is 2. The Hall–Kier alpha value is -1.61. The van der Waals surface area contributed by atoms with Crippen molar-refractivity contribution in [1.82, 2.24) is 4.72 Å². The first-order chi connectivity index (χ1) is 9.14. The van der Waals surface area contributed by atoms with E-state index in [0.717, 1.165) is 12.1 Å². The van der Waals surface area contributed by atoms with Gasteiger partial charge in [-0.3, -0.25) is 4.79 Å². The van der Waals surface area contributed by atoms with Crippen LogP contribution in [0.25, 0.3) is 0 Å². The van der Waals surface area contributed by atoms with Crippen molar-refractivity contribution in [3.05, 3.63) is 24.3 Å². The van der Waals surface area contributed by atoms with E-state index in [1.165, 1.54) is 16.9 Å². The maximum absolute atomic E-state index is 12.0. The zero-order chi connectivity index (χ0) is 15.4. The fraction of sp³-hybridized carbons (Fsp3) is 0.364. The van der Waals surface area contributed by atoms with E-state index in [4.69, 9.17) is 0 Å². The molecule has 20 heavy (non-hydrogen) atoms. The Morgan fingerprint density at radius 2 is 1.75 bits per heavy atom. The van der Waals surface area contributed by atoms with Crippen molar-refractivity contribution in [2.45, 2.75) is 24.4 Å². The van der Waals surface area contributed by atoms with Crippen molar-refractivity contribution in [2.75, 3.05) is 11.9 Å². The second-order valence-electron chi connectivity index (χ2n) is 3.87. The number of anilines is 1. The summed E-state index contributed by atoms with van der Waals surface area (Å²) < 4.78 is 60.5. The topological polar surface area (TPSA) is 75.3 Å². The predicted octanol–water partition coefficient (Wildman–Crippen LogP) is 1.88. The molecule has 0 spiro atoms. The molecule has 0 aliphatic carbocycles. The molecule has 2 N–H and O–H groups in total. The fourth-order valence-corrected chi connectivity index (χ4v) is 2.24. The number of hydrogen-bond donors (Lipinski definition) is 2. The van der Waals surface area contributed by atoms with Gasteiger partial charge in [0.15, 0.2) is 0 Å². The number of hydrogen-bond acceptors (Lipinski definition) is 3. The van der Waals surface area contributed by atoms with E-state index in [9.17, 15) is 26.4 Å². The quantitative estimate of drug-likeness (QED) is 0.872. The summed E-state index contributed by atoms with van der Waals surface area (Å²) in [5.74, 6) is -0.254. The molecule has 5 nitrogen and oxygen atoms in total. The Morgan fingerprint density at radius 1 is 1.20 bits per heavy atom. The van der Waals surface area contributed by atoms with Crippen LogP contribution in [-0.4, -0.2) is 27.0 Å². The first kappa shape index (κ1) is 16.4. The summed E-state index contributed by atoms with van der Waals surface area (Å²) in [6.07, 6.45) is -4.37. The first-order valence-corrected chi connectivity index (χ1v) is 7.08. The van der Waals surface area contributed by atoms with Gasteiger partial charge in [-0.05, 0) is 24.3 Å². The molecule has 0 fully saturated rings. The Labute approximate surface area is 114 Å². The van der Waals surface area contributed by atoms with Gasteiger partial charge >= 0.3 is 6.18 Å². The largest absolute Gasteiger partial charge is 0.402 e. The molecule has 1 amide bonds. The monoisotopic (exact) mass is 310 g/mol. The minimum absolute atomic E-state index is 0.254. The van der Waals surface area contributed by atoms with Crippen LogP contribution < -0.4 is 10.0 Å². The van der Waals surface area contributed by atoms with Crippen molar-refractivity contribution in [3.63, 3.8) is 0 Å². The summed E-state index contributed by atoms with van der Waals surface area (Å²) in [5, 5.41) is 2.49. The molecule has 0 bridgehead atoms. The maximum atomic E-state index is 12.0. The smallest absolute Gasteiger partial charge is 0.326 e. The summed E-state index contributed by atoms with van der Waals surface area (Å²) in [5.41, 5.74) is 0.367. The number of carbonyl (C=O) groups excluding carboxylic acids is 1. The zero-order valence-electron chi connectivity index (χ0n) is 10.5. The number of benzene rings is 1. The number of amides is 1. The number of rotatable bonds is 5. The highest BCUT2D eigenvalue weighted by Gasteiger charge is 2.29. The van der Waals surface area contributed by atoms with Gasteiger partial charge in [-0.1, -0.05) is 6.92 Å². The standard InChI is InChI=1S/C11H13F3N2O3S/c1-2-10(17)16-8-3-5-9(6-4-8)20(18,19)15-7-11(12,13)14/h3-6,15H,2,7H2,1H3,(H,16,17). The van der Waals surface area contributed by atoms with E-state index in [-0.39, 0.29) is 17.2 Å². The SMILES string of the molecule is CCC(=O)Nc1ccc(S(=O)(=O)NCC(F)(F)F)cc1. The minimum Gasteiger partial charge on any atom is -0.326 e. The van der Waals surface area contributed by atoms with Crippen molar-refractivity contribution < 1.29 is 26.4 Å². The Balaban J connectivity index is 2.79. The van der Waals surface area contributed by atoms with Crippen LogP contribution in [0.3, 0.4) is 0 Å². The molecular weight excluding hydrogens is 297 g/mol. The first-order valence-electron chi connectivity index (χ1n) is 5.60. The minimum atomic E-state index is -4.62. The molecule has 0 unspecified atom stereocenters. The van der Waals surface area contributed by atoms with Crippen molar-refractivity contribution in [2.24, 2.45) is 0 Å². The second kappa shape index (κ2) is 6.23. The Bertz CT molecular complexity index is 568. The highest BCUT2D eigenvalue weighted by molar-refractivity contribution is 7.89. The van der Waals surface area contributed by atoms with Gasteiger partial charge in [-0.2, -0.15) is 13.2 Å². The van der Waals surface area contributed by atoms with Crippen LogP contribution in [-0.2, 0) is 14.8 Å². The lowest BCUT2D eigenvalue weighted by molar-refractivity contribution is -0.121. The van der Waals surface area contributed by atoms with Crippen LogP contribution >= 0.6 is 0 Å². The van der Waals surface area contributed by atoms with Gasteiger partial charge in [0, 0.05) is 12.1 Å². The highest BCUT2D eigenvalue weighted by atomic mass is 32.2. The van der Waals surface area contributed by atoms with Gasteiger partial charge in [0.1, 0.15) is 6.54 Å². The lowest BCUT2D eigenvalue weighted by Crippen LogP contribution is -2.33. The number of carbonyl (C=O) groups is 1. The lowest BCUT2D eigenvalue weighted by Gasteiger charge is -2.10. The van der Waals surface area contributed by atoms with Crippen molar-refractivity contribution in [3.8, 4) is 0 Å². The fourth-order valence-electron chi connectivity index (χ4n) is 1.23. The number of sulfonamides is 1. The van der Waals surface area contributed by atoms with E-state index in [1.54, 1.807) is 6.92 Å². The van der Waals surface area contributed by atoms with Gasteiger partial charge in [0.2, 0.25) is 15.9 Å². The molecule has 0 saturated carbocycles. The van der Waals surface area contributed by atoms with Crippen molar-refractivity contribution in [1.29, 1.82) is 0 Å². The molecule has 112 valence electrons. The molecule has 0 aliphatic rings. The normalized spacial score (nSPS) is 12.2. The van der Waals surface area contributed by atoms with E-state index in [2.05, 4.69) is 5.32 Å². The van der Waals surface area contributed by atoms with Gasteiger partial charge in [-0.25, -0.2) is 13.1 Å². The van der Waals surface area contributed by atoms with E-state index < -0.39 is 22.7 Å². The Kier molecular flexibility index (Phi) is 5.12. The number of alkyl halides is 3. The molecular formula is C11H13F3N2O3S. The molecule has 0 radical (unpaired) electrons. The van der Waals surface area contributed by atoms with E-state index in [1.807, 2.05) is 0 Å². The molecule has 0 heterocycles. The summed E-state index contributed by atoms with van der Waals surface area (Å²) in [4.78, 5) is 10.8. The summed E-state index contributed by atoms with van der Waals surface area (Å²) in [6.45, 7) is 0.0128. The molecule has 0 aliphatic heterocycles. The van der Waals surface area contributed by atoms with Gasteiger partial charge in [-0.15, -0.1) is 0 Å². The molecule has 1 aromatic carbocycles. The highest BCUT2D eigenvalue weighted by Crippen LogP contribution is 2.17. The molecule has 0 atom stereocenters. The summed E-state index contributed by atoms with van der Waals surface area (Å²) in [6, 6.07) is 4.83. The van der Waals surface area contributed by atoms with Gasteiger partial charge in [0.05, 0.1) is 4.90 Å². The predicted molar refractivity (Wildman–Crippen MR) is 66.6 cm³/mol. The van der Waals surface area contributed by atoms with Crippen LogP contribution in [0.5, 0.6) is 0 Å². The van der Waals surface area contributed by atoms with Gasteiger partial charge in [0.25, 0.3) is 0 Å². The zero-order valence-corrected chi connectivity index (χ0v) is 11.3. The third-order valence-corrected chi connectivity index (χ3v) is 3.65. The third kappa shape index (κ3) is 5.17. The van der Waals surface area contributed by atoms with Crippen LogP contribution in [0.4, 0.5) is 18.9 Å². The van der Waals surface area contributed by atoms with Crippen LogP contribution in [0.2, 0.25) is 0 Å². The summed E-state index contributed by atoms with van der Waals surface area (Å²) in [7, 11) is -4.23. The number of halogens is 3.